The Kier molecular flexibility index (Phi) is 5.81. The highest BCUT2D eigenvalue weighted by molar-refractivity contribution is 7.90. The molecule has 7 nitrogen and oxygen atoms in total. The molecule has 0 unspecified atom stereocenters. The molecule has 0 fully saturated rings. The summed E-state index contributed by atoms with van der Waals surface area (Å²) in [6, 6.07) is 11.8. The number of rotatable bonds is 6. The van der Waals surface area contributed by atoms with Gasteiger partial charge in [-0.25, -0.2) is 22.9 Å². The molecule has 0 aliphatic carbocycles. The lowest BCUT2D eigenvalue weighted by Gasteiger charge is -2.06. The molecule has 1 heterocycles. The molecule has 152 valence electrons. The van der Waals surface area contributed by atoms with Crippen molar-refractivity contribution in [3.8, 4) is 22.6 Å². The van der Waals surface area contributed by atoms with Crippen molar-refractivity contribution < 1.29 is 27.2 Å². The van der Waals surface area contributed by atoms with Crippen molar-refractivity contribution in [2.24, 2.45) is 0 Å². The van der Waals surface area contributed by atoms with Gasteiger partial charge in [0.15, 0.2) is 21.5 Å². The van der Waals surface area contributed by atoms with Crippen LogP contribution in [-0.4, -0.2) is 42.9 Å². The van der Waals surface area contributed by atoms with E-state index in [0.717, 1.165) is 6.26 Å². The molecule has 1 amide bonds. The highest BCUT2D eigenvalue weighted by Gasteiger charge is 2.19. The molecule has 0 spiro atoms. The minimum absolute atomic E-state index is 0.0111. The van der Waals surface area contributed by atoms with E-state index in [4.69, 9.17) is 4.42 Å². The van der Waals surface area contributed by atoms with E-state index in [-0.39, 0.29) is 23.6 Å². The minimum Gasteiger partial charge on any atom is -0.440 e. The lowest BCUT2D eigenvalue weighted by atomic mass is 10.1. The summed E-state index contributed by atoms with van der Waals surface area (Å²) in [5.41, 5.74) is 1.63. The van der Waals surface area contributed by atoms with Gasteiger partial charge < -0.3 is 4.42 Å². The number of nitrogens with zero attached hydrogens (tertiary/aromatic N) is 2. The number of hydrogen-bond donors (Lipinski definition) is 1. The van der Waals surface area contributed by atoms with Crippen LogP contribution in [0.1, 0.15) is 12.3 Å². The molecule has 0 radical (unpaired) electrons. The van der Waals surface area contributed by atoms with Crippen molar-refractivity contribution in [2.45, 2.75) is 17.7 Å². The molecule has 0 bridgehead atoms. The number of benzene rings is 2. The van der Waals surface area contributed by atoms with Crippen LogP contribution in [0.4, 0.5) is 4.39 Å². The molecule has 3 rings (SSSR count). The van der Waals surface area contributed by atoms with Crippen molar-refractivity contribution >= 4 is 15.7 Å². The van der Waals surface area contributed by atoms with Gasteiger partial charge in [0.2, 0.25) is 5.91 Å². The SMILES string of the molecule is CN(O)C(=O)CCc1nc(-c2ccc(F)cc2)c(-c2ccc(S(C)(=O)=O)cc2)o1. The van der Waals surface area contributed by atoms with Gasteiger partial charge in [-0.15, -0.1) is 0 Å². The number of halogens is 1. The van der Waals surface area contributed by atoms with E-state index in [1.54, 1.807) is 24.3 Å². The first-order valence-corrected chi connectivity index (χ1v) is 10.6. The number of hydroxylamine groups is 2. The summed E-state index contributed by atoms with van der Waals surface area (Å²) in [6.45, 7) is 0. The number of amides is 1. The van der Waals surface area contributed by atoms with E-state index >= 15 is 0 Å². The average molecular weight is 418 g/mol. The molecule has 3 aromatic rings. The van der Waals surface area contributed by atoms with E-state index in [1.165, 1.54) is 31.3 Å². The van der Waals surface area contributed by atoms with Crippen LogP contribution in [0.25, 0.3) is 22.6 Å². The van der Waals surface area contributed by atoms with Crippen LogP contribution < -0.4 is 0 Å². The Hall–Kier alpha value is -3.04. The molecule has 2 aromatic carbocycles. The summed E-state index contributed by atoms with van der Waals surface area (Å²) in [6.07, 6.45) is 1.26. The molecule has 0 aliphatic heterocycles. The number of hydrogen-bond acceptors (Lipinski definition) is 6. The lowest BCUT2D eigenvalue weighted by molar-refractivity contribution is -0.159. The fourth-order valence-electron chi connectivity index (χ4n) is 2.70. The van der Waals surface area contributed by atoms with Crippen LogP contribution in [-0.2, 0) is 21.1 Å². The van der Waals surface area contributed by atoms with Gasteiger partial charge in [-0.2, -0.15) is 0 Å². The quantitative estimate of drug-likeness (QED) is 0.487. The van der Waals surface area contributed by atoms with E-state index in [9.17, 15) is 22.8 Å². The Labute approximate surface area is 167 Å². The maximum atomic E-state index is 13.3. The zero-order valence-corrected chi connectivity index (χ0v) is 16.6. The predicted octanol–water partition coefficient (Wildman–Crippen LogP) is 3.33. The van der Waals surface area contributed by atoms with Crippen LogP contribution in [0.2, 0.25) is 0 Å². The number of aryl methyl sites for hydroxylation is 1. The van der Waals surface area contributed by atoms with Gasteiger partial charge in [-0.3, -0.25) is 10.0 Å². The molecule has 0 aliphatic rings. The predicted molar refractivity (Wildman–Crippen MR) is 103 cm³/mol. The van der Waals surface area contributed by atoms with Gasteiger partial charge in [0.25, 0.3) is 0 Å². The summed E-state index contributed by atoms with van der Waals surface area (Å²) < 4.78 is 42.5. The average Bonchev–Trinajstić information content (AvgIpc) is 3.10. The van der Waals surface area contributed by atoms with Crippen molar-refractivity contribution in [3.05, 3.63) is 60.2 Å². The molecule has 1 aromatic heterocycles. The van der Waals surface area contributed by atoms with Crippen molar-refractivity contribution in [2.75, 3.05) is 13.3 Å². The standard InChI is InChI=1S/C20H19FN2O5S/c1-23(25)18(24)12-11-17-22-19(13-3-7-15(21)8-4-13)20(28-17)14-5-9-16(10-6-14)29(2,26)27/h3-10,25H,11-12H2,1-2H3. The maximum absolute atomic E-state index is 13.3. The second-order valence-corrected chi connectivity index (χ2v) is 8.52. The van der Waals surface area contributed by atoms with E-state index in [2.05, 4.69) is 4.98 Å². The first kappa shape index (κ1) is 20.7. The fourth-order valence-corrected chi connectivity index (χ4v) is 3.33. The molecule has 0 saturated heterocycles. The number of aromatic nitrogens is 1. The highest BCUT2D eigenvalue weighted by atomic mass is 32.2. The van der Waals surface area contributed by atoms with Crippen molar-refractivity contribution in [1.82, 2.24) is 10.0 Å². The first-order chi connectivity index (χ1) is 13.6. The second-order valence-electron chi connectivity index (χ2n) is 6.51. The normalized spacial score (nSPS) is 11.4. The van der Waals surface area contributed by atoms with E-state index < -0.39 is 21.6 Å². The third-order valence-electron chi connectivity index (χ3n) is 4.25. The summed E-state index contributed by atoms with van der Waals surface area (Å²) >= 11 is 0. The topological polar surface area (TPSA) is 101 Å². The Morgan fingerprint density at radius 3 is 2.24 bits per heavy atom. The third-order valence-corrected chi connectivity index (χ3v) is 5.38. The van der Waals surface area contributed by atoms with E-state index in [1.807, 2.05) is 0 Å². The summed E-state index contributed by atoms with van der Waals surface area (Å²) in [5.74, 6) is -0.253. The minimum atomic E-state index is -3.34. The van der Waals surface area contributed by atoms with Crippen LogP contribution in [0.15, 0.2) is 57.8 Å². The summed E-state index contributed by atoms with van der Waals surface area (Å²) in [7, 11) is -2.11. The lowest BCUT2D eigenvalue weighted by Crippen LogP contribution is -2.22. The zero-order valence-electron chi connectivity index (χ0n) is 15.8. The largest absolute Gasteiger partial charge is 0.440 e. The Bertz CT molecular complexity index is 1120. The molecule has 1 N–H and O–H groups in total. The van der Waals surface area contributed by atoms with Gasteiger partial charge >= 0.3 is 0 Å². The molecule has 29 heavy (non-hydrogen) atoms. The third kappa shape index (κ3) is 4.87. The van der Waals surface area contributed by atoms with Crippen LogP contribution in [0.5, 0.6) is 0 Å². The Morgan fingerprint density at radius 1 is 1.10 bits per heavy atom. The van der Waals surface area contributed by atoms with Crippen LogP contribution in [0.3, 0.4) is 0 Å². The van der Waals surface area contributed by atoms with Gasteiger partial charge in [0.05, 0.1) is 4.90 Å². The molecule has 0 saturated carbocycles. The van der Waals surface area contributed by atoms with Gasteiger partial charge in [-0.05, 0) is 48.5 Å². The van der Waals surface area contributed by atoms with Gasteiger partial charge in [-0.1, -0.05) is 0 Å². The van der Waals surface area contributed by atoms with Crippen molar-refractivity contribution in [3.63, 3.8) is 0 Å². The second kappa shape index (κ2) is 8.14. The fraction of sp³-hybridized carbons (Fsp3) is 0.200. The highest BCUT2D eigenvalue weighted by Crippen LogP contribution is 2.33. The molecule has 9 heteroatoms. The van der Waals surface area contributed by atoms with Crippen LogP contribution in [0, 0.1) is 5.82 Å². The smallest absolute Gasteiger partial charge is 0.246 e. The number of carbonyl (C=O) groups excluding carboxylic acids is 1. The van der Waals surface area contributed by atoms with E-state index in [0.29, 0.717) is 27.6 Å². The number of sulfone groups is 1. The molecule has 0 atom stereocenters. The van der Waals surface area contributed by atoms with Crippen molar-refractivity contribution in [1.29, 1.82) is 0 Å². The Morgan fingerprint density at radius 2 is 1.69 bits per heavy atom. The number of carbonyl (C=O) groups is 1. The Balaban J connectivity index is 2.01. The zero-order chi connectivity index (χ0) is 21.2. The molecular weight excluding hydrogens is 399 g/mol. The first-order valence-electron chi connectivity index (χ1n) is 8.66. The maximum Gasteiger partial charge on any atom is 0.246 e. The van der Waals surface area contributed by atoms with Crippen LogP contribution >= 0.6 is 0 Å². The van der Waals surface area contributed by atoms with Gasteiger partial charge in [0.1, 0.15) is 11.5 Å². The van der Waals surface area contributed by atoms with Gasteiger partial charge in [0, 0.05) is 37.3 Å². The summed E-state index contributed by atoms with van der Waals surface area (Å²) in [5, 5.41) is 9.68. The number of oxazole rings is 1. The molecular formula is C20H19FN2O5S. The summed E-state index contributed by atoms with van der Waals surface area (Å²) in [4.78, 5) is 16.2. The monoisotopic (exact) mass is 418 g/mol.